The van der Waals surface area contributed by atoms with Gasteiger partial charge >= 0.3 is 12.2 Å². The Labute approximate surface area is 168 Å². The molecule has 1 aliphatic rings. The van der Waals surface area contributed by atoms with Crippen molar-refractivity contribution in [1.29, 1.82) is 0 Å². The van der Waals surface area contributed by atoms with Crippen LogP contribution in [0.15, 0.2) is 36.4 Å². The van der Waals surface area contributed by atoms with Gasteiger partial charge in [-0.1, -0.05) is 12.2 Å². The number of urea groups is 1. The first-order valence-corrected chi connectivity index (χ1v) is 9.55. The molecule has 2 atom stereocenters. The molecule has 2 amide bonds. The number of hydrogen-bond donors (Lipinski definition) is 2. The first kappa shape index (κ1) is 21.0. The molecule has 5 nitrogen and oxygen atoms in total. The number of carbonyl (C=O) groups is 1. The number of benzene rings is 1. The van der Waals surface area contributed by atoms with E-state index in [-0.39, 0.29) is 24.0 Å². The van der Waals surface area contributed by atoms with E-state index in [1.807, 2.05) is 33.8 Å². The molecule has 1 aromatic carbocycles. The lowest BCUT2D eigenvalue weighted by atomic mass is 9.96. The molecule has 29 heavy (non-hydrogen) atoms. The summed E-state index contributed by atoms with van der Waals surface area (Å²) in [4.78, 5) is 11.9. The molecule has 1 aliphatic carbocycles. The molecule has 1 heterocycles. The second-order valence-electron chi connectivity index (χ2n) is 7.65. The molecule has 3 rings (SSSR count). The summed E-state index contributed by atoms with van der Waals surface area (Å²) in [5.74, 6) is 0.0857. The van der Waals surface area contributed by atoms with Gasteiger partial charge in [0.05, 0.1) is 16.9 Å². The van der Waals surface area contributed by atoms with Crippen molar-refractivity contribution in [2.45, 2.75) is 58.3 Å². The smallest absolute Gasteiger partial charge is 0.336 e. The van der Waals surface area contributed by atoms with Crippen LogP contribution in [0.3, 0.4) is 0 Å². The van der Waals surface area contributed by atoms with Gasteiger partial charge in [0.2, 0.25) is 0 Å². The number of aryl methyl sites for hydroxylation is 1. The van der Waals surface area contributed by atoms with Crippen LogP contribution >= 0.6 is 0 Å². The van der Waals surface area contributed by atoms with Crippen molar-refractivity contribution < 1.29 is 18.0 Å². The highest BCUT2D eigenvalue weighted by Crippen LogP contribution is 2.34. The number of carbonyl (C=O) groups excluding carboxylic acids is 1. The fraction of sp³-hybridized carbons (Fsp3) is 0.429. The van der Waals surface area contributed by atoms with E-state index in [4.69, 9.17) is 0 Å². The zero-order valence-corrected chi connectivity index (χ0v) is 16.8. The molecule has 8 heteroatoms. The number of nitrogens with one attached hydrogen (secondary N) is 2. The van der Waals surface area contributed by atoms with E-state index in [1.54, 1.807) is 4.68 Å². The highest BCUT2D eigenvalue weighted by atomic mass is 19.4. The van der Waals surface area contributed by atoms with E-state index >= 15 is 0 Å². The number of allylic oxidation sites excluding steroid dienone is 1. The van der Waals surface area contributed by atoms with E-state index in [0.29, 0.717) is 12.1 Å². The first-order chi connectivity index (χ1) is 13.6. The van der Waals surface area contributed by atoms with Gasteiger partial charge < -0.3 is 10.6 Å². The van der Waals surface area contributed by atoms with Crippen LogP contribution in [0, 0.1) is 13.8 Å². The third-order valence-electron chi connectivity index (χ3n) is 4.98. The molecule has 0 fully saturated rings. The average molecular weight is 406 g/mol. The Balaban J connectivity index is 1.77. The summed E-state index contributed by atoms with van der Waals surface area (Å²) in [5, 5.41) is 10.3. The number of nitrogens with zero attached hydrogens (tertiary/aromatic N) is 2. The largest absolute Gasteiger partial charge is 0.416 e. The molecular weight excluding hydrogens is 381 g/mol. The second kappa shape index (κ2) is 7.93. The Hall–Kier alpha value is -2.77. The molecule has 0 unspecified atom stereocenters. The summed E-state index contributed by atoms with van der Waals surface area (Å²) in [6.45, 7) is 7.60. The zero-order valence-electron chi connectivity index (χ0n) is 16.8. The highest BCUT2D eigenvalue weighted by Gasteiger charge is 2.30. The average Bonchev–Trinajstić information content (AvgIpc) is 3.17. The van der Waals surface area contributed by atoms with E-state index in [0.717, 1.165) is 29.1 Å². The van der Waals surface area contributed by atoms with Crippen LogP contribution < -0.4 is 10.6 Å². The number of hydrogen-bond acceptors (Lipinski definition) is 2. The van der Waals surface area contributed by atoms with Crippen LogP contribution in [-0.4, -0.2) is 27.9 Å². The Morgan fingerprint density at radius 3 is 2.41 bits per heavy atom. The molecular formula is C21H25F3N4O. The summed E-state index contributed by atoms with van der Waals surface area (Å²) in [6.07, 6.45) is 0.372. The van der Waals surface area contributed by atoms with Gasteiger partial charge in [-0.2, -0.15) is 18.3 Å². The van der Waals surface area contributed by atoms with Gasteiger partial charge in [0.15, 0.2) is 0 Å². The van der Waals surface area contributed by atoms with Crippen molar-refractivity contribution in [1.82, 2.24) is 20.4 Å². The van der Waals surface area contributed by atoms with Gasteiger partial charge in [-0.3, -0.25) is 0 Å². The second-order valence-corrected chi connectivity index (χ2v) is 7.65. The van der Waals surface area contributed by atoms with Crippen LogP contribution in [-0.2, 0) is 6.18 Å². The molecule has 0 bridgehead atoms. The molecule has 2 N–H and O–H groups in total. The lowest BCUT2D eigenvalue weighted by Crippen LogP contribution is -2.43. The minimum Gasteiger partial charge on any atom is -0.336 e. The number of amides is 2. The van der Waals surface area contributed by atoms with E-state index in [2.05, 4.69) is 21.8 Å². The van der Waals surface area contributed by atoms with Gasteiger partial charge in [-0.25, -0.2) is 9.48 Å². The predicted molar refractivity (Wildman–Crippen MR) is 105 cm³/mol. The van der Waals surface area contributed by atoms with Crippen LogP contribution in [0.1, 0.15) is 48.7 Å². The van der Waals surface area contributed by atoms with Crippen molar-refractivity contribution in [2.75, 3.05) is 0 Å². The van der Waals surface area contributed by atoms with Crippen molar-refractivity contribution in [3.63, 3.8) is 0 Å². The molecule has 0 aliphatic heterocycles. The minimum absolute atomic E-state index is 0.0580. The molecule has 0 saturated carbocycles. The van der Waals surface area contributed by atoms with Crippen LogP contribution in [0.4, 0.5) is 18.0 Å². The molecule has 1 aromatic heterocycles. The Bertz CT molecular complexity index is 913. The third-order valence-corrected chi connectivity index (χ3v) is 4.98. The van der Waals surface area contributed by atoms with Crippen LogP contribution in [0.2, 0.25) is 0 Å². The molecule has 0 spiro atoms. The van der Waals surface area contributed by atoms with Gasteiger partial charge in [0.25, 0.3) is 0 Å². The van der Waals surface area contributed by atoms with Crippen LogP contribution in [0.5, 0.6) is 0 Å². The monoisotopic (exact) mass is 406 g/mol. The summed E-state index contributed by atoms with van der Waals surface area (Å²) in [7, 11) is 0. The Kier molecular flexibility index (Phi) is 5.73. The van der Waals surface area contributed by atoms with Gasteiger partial charge in [-0.05, 0) is 58.4 Å². The van der Waals surface area contributed by atoms with E-state index in [1.165, 1.54) is 12.1 Å². The first-order valence-electron chi connectivity index (χ1n) is 9.55. The number of aromatic nitrogens is 2. The van der Waals surface area contributed by atoms with Crippen molar-refractivity contribution >= 4 is 6.03 Å². The Morgan fingerprint density at radius 2 is 1.83 bits per heavy atom. The standard InChI is InChI=1S/C21H25F3N4O/c1-12(2)25-20(29)26-17-8-5-15(11-17)19-13(3)27-28(14(19)4)18-9-6-16(7-10-18)21(22,23)24/h5-10,12,15,17H,11H2,1-4H3,(H2,25,26,29)/t15-,17-/m1/s1. The van der Waals surface area contributed by atoms with E-state index in [9.17, 15) is 18.0 Å². The lowest BCUT2D eigenvalue weighted by molar-refractivity contribution is -0.137. The predicted octanol–water partition coefficient (Wildman–Crippen LogP) is 4.63. The fourth-order valence-corrected chi connectivity index (χ4v) is 3.73. The lowest BCUT2D eigenvalue weighted by Gasteiger charge is -2.16. The van der Waals surface area contributed by atoms with Crippen molar-refractivity contribution in [2.24, 2.45) is 0 Å². The normalized spacial score (nSPS) is 19.0. The van der Waals surface area contributed by atoms with Gasteiger partial charge in [0, 0.05) is 29.3 Å². The molecule has 0 radical (unpaired) electrons. The van der Waals surface area contributed by atoms with Gasteiger partial charge in [-0.15, -0.1) is 0 Å². The third kappa shape index (κ3) is 4.63. The van der Waals surface area contributed by atoms with Gasteiger partial charge in [0.1, 0.15) is 0 Å². The molecule has 0 saturated heterocycles. The maximum absolute atomic E-state index is 12.8. The number of rotatable bonds is 4. The van der Waals surface area contributed by atoms with E-state index < -0.39 is 11.7 Å². The zero-order chi connectivity index (χ0) is 21.3. The maximum Gasteiger partial charge on any atom is 0.416 e. The Morgan fingerprint density at radius 1 is 1.17 bits per heavy atom. The summed E-state index contributed by atoms with van der Waals surface area (Å²) < 4.78 is 40.1. The summed E-state index contributed by atoms with van der Waals surface area (Å²) in [5.41, 5.74) is 2.64. The summed E-state index contributed by atoms with van der Waals surface area (Å²) >= 11 is 0. The van der Waals surface area contributed by atoms with Crippen LogP contribution in [0.25, 0.3) is 5.69 Å². The highest BCUT2D eigenvalue weighted by molar-refractivity contribution is 5.74. The maximum atomic E-state index is 12.8. The topological polar surface area (TPSA) is 59.0 Å². The SMILES string of the molecule is Cc1nn(-c2ccc(C(F)(F)F)cc2)c(C)c1[C@@H]1C=C[C@@H](NC(=O)NC(C)C)C1. The fourth-order valence-electron chi connectivity index (χ4n) is 3.73. The molecule has 2 aromatic rings. The van der Waals surface area contributed by atoms with Crippen molar-refractivity contribution in [3.05, 3.63) is 58.9 Å². The quantitative estimate of drug-likeness (QED) is 0.728. The number of halogens is 3. The number of alkyl halides is 3. The molecule has 156 valence electrons. The van der Waals surface area contributed by atoms with Crippen molar-refractivity contribution in [3.8, 4) is 5.69 Å². The summed E-state index contributed by atoms with van der Waals surface area (Å²) in [6, 6.07) is 4.76. The minimum atomic E-state index is -4.36.